The van der Waals surface area contributed by atoms with Gasteiger partial charge in [-0.1, -0.05) is 328 Å². The normalized spacial score (nSPS) is 9.88. The van der Waals surface area contributed by atoms with Crippen molar-refractivity contribution in [1.82, 2.24) is 0 Å². The highest BCUT2D eigenvalue weighted by molar-refractivity contribution is 5.68. The first kappa shape index (κ1) is 62.3. The van der Waals surface area contributed by atoms with Gasteiger partial charge in [-0.05, 0) is 158 Å². The highest BCUT2D eigenvalue weighted by Gasteiger charge is 2.01. The van der Waals surface area contributed by atoms with Crippen LogP contribution in [0.3, 0.4) is 0 Å². The third-order valence-corrected chi connectivity index (χ3v) is 13.5. The minimum Gasteiger partial charge on any atom is -0.0620 e. The Morgan fingerprint density at radius 3 is 0.625 bits per heavy atom. The largest absolute Gasteiger partial charge is 0.0620 e. The van der Waals surface area contributed by atoms with Crippen LogP contribution in [0, 0.1) is 96.9 Å². The Hall–Kier alpha value is -8.58. The first-order valence-corrected chi connectivity index (χ1v) is 28.0. The van der Waals surface area contributed by atoms with Crippen molar-refractivity contribution >= 4 is 0 Å². The van der Waals surface area contributed by atoms with Gasteiger partial charge in [0, 0.05) is 0 Å². The van der Waals surface area contributed by atoms with E-state index in [-0.39, 0.29) is 0 Å². The molecule has 0 aliphatic carbocycles. The van der Waals surface area contributed by atoms with E-state index < -0.39 is 0 Å². The molecule has 0 aromatic heterocycles. The van der Waals surface area contributed by atoms with E-state index in [1.807, 2.05) is 0 Å². The summed E-state index contributed by atoms with van der Waals surface area (Å²) in [7, 11) is 0. The predicted octanol–water partition coefficient (Wildman–Crippen LogP) is 22.8. The van der Waals surface area contributed by atoms with Crippen LogP contribution in [-0.2, 0) is 0 Å². The molecule has 0 spiro atoms. The zero-order valence-corrected chi connectivity index (χ0v) is 50.4. The molecule has 11 rings (SSSR count). The molecule has 0 unspecified atom stereocenters. The number of benzene rings is 11. The number of aryl methyl sites for hydroxylation is 14. The summed E-state index contributed by atoms with van der Waals surface area (Å²) in [4.78, 5) is 0. The van der Waals surface area contributed by atoms with E-state index in [1.54, 1.807) is 0 Å². The number of rotatable bonds is 4. The van der Waals surface area contributed by atoms with E-state index in [4.69, 9.17) is 0 Å². The zero-order chi connectivity index (χ0) is 57.8. The van der Waals surface area contributed by atoms with Gasteiger partial charge >= 0.3 is 0 Å². The van der Waals surface area contributed by atoms with Crippen LogP contribution in [0.4, 0.5) is 0 Å². The van der Waals surface area contributed by atoms with Gasteiger partial charge in [0.15, 0.2) is 0 Å². The molecule has 0 fully saturated rings. The summed E-state index contributed by atoms with van der Waals surface area (Å²) in [5.41, 5.74) is 28.9. The topological polar surface area (TPSA) is 0 Å². The van der Waals surface area contributed by atoms with Crippen LogP contribution >= 0.6 is 0 Å². The van der Waals surface area contributed by atoms with Crippen molar-refractivity contribution in [2.24, 2.45) is 0 Å². The summed E-state index contributed by atoms with van der Waals surface area (Å²) in [6.45, 7) is 29.6. The van der Waals surface area contributed by atoms with E-state index in [0.29, 0.717) is 0 Å². The summed E-state index contributed by atoms with van der Waals surface area (Å²) in [5, 5.41) is 0. The molecule has 0 radical (unpaired) electrons. The fraction of sp³-hybridized carbons (Fsp3) is 0.175. The molecule has 0 saturated heterocycles. The molecule has 0 atom stereocenters. The Morgan fingerprint density at radius 2 is 0.362 bits per heavy atom. The summed E-state index contributed by atoms with van der Waals surface area (Å²) in [6.07, 6.45) is 0. The second kappa shape index (κ2) is 33.0. The van der Waals surface area contributed by atoms with Gasteiger partial charge in [-0.3, -0.25) is 0 Å². The molecular weight excluding hydrogens is 961 g/mol. The Bertz CT molecular complexity index is 3370. The average Bonchev–Trinajstić information content (AvgIpc) is 3.45. The highest BCUT2D eigenvalue weighted by Crippen LogP contribution is 2.25. The summed E-state index contributed by atoms with van der Waals surface area (Å²) < 4.78 is 0. The molecule has 0 heterocycles. The quantitative estimate of drug-likeness (QED) is 0.165. The third kappa shape index (κ3) is 22.8. The Morgan fingerprint density at radius 1 is 0.138 bits per heavy atom. The van der Waals surface area contributed by atoms with Gasteiger partial charge in [0.05, 0.1) is 0 Å². The molecule has 406 valence electrons. The lowest BCUT2D eigenvalue weighted by molar-refractivity contribution is 1.34. The van der Waals surface area contributed by atoms with Crippen LogP contribution in [-0.4, -0.2) is 0 Å². The molecule has 0 bridgehead atoms. The molecule has 0 saturated carbocycles. The van der Waals surface area contributed by atoms with E-state index in [9.17, 15) is 0 Å². The van der Waals surface area contributed by atoms with Crippen molar-refractivity contribution in [3.05, 3.63) is 345 Å². The van der Waals surface area contributed by atoms with Crippen LogP contribution in [0.2, 0.25) is 0 Å². The van der Waals surface area contributed by atoms with Crippen molar-refractivity contribution in [2.45, 2.75) is 96.9 Å². The maximum atomic E-state index is 2.22. The van der Waals surface area contributed by atoms with Crippen LogP contribution < -0.4 is 0 Å². The van der Waals surface area contributed by atoms with Gasteiger partial charge in [0.25, 0.3) is 0 Å². The van der Waals surface area contributed by atoms with E-state index in [1.165, 1.54) is 122 Å². The van der Waals surface area contributed by atoms with Crippen molar-refractivity contribution in [3.63, 3.8) is 0 Å². The molecule has 0 aliphatic heterocycles. The minimum atomic E-state index is 1.29. The van der Waals surface area contributed by atoms with Crippen LogP contribution in [0.5, 0.6) is 0 Å². The maximum Gasteiger partial charge on any atom is -0.0155 e. The van der Waals surface area contributed by atoms with Crippen LogP contribution in [0.1, 0.15) is 77.9 Å². The van der Waals surface area contributed by atoms with Gasteiger partial charge in [-0.15, -0.1) is 0 Å². The van der Waals surface area contributed by atoms with Gasteiger partial charge < -0.3 is 0 Å². The molecule has 0 amide bonds. The van der Waals surface area contributed by atoms with Gasteiger partial charge in [-0.25, -0.2) is 0 Å². The lowest BCUT2D eigenvalue weighted by Crippen LogP contribution is -1.82. The van der Waals surface area contributed by atoms with Crippen molar-refractivity contribution in [2.75, 3.05) is 0 Å². The SMILES string of the molecule is Cc1ccc(-c2ccc(C)cc2)cc1.Cc1ccc(-c2cccc(C)c2)cc1.Cc1ccc(-c2ccccc2C)cc1.Cc1ccc(C)cc1.Cc1cccc(-c2cccc(C)c2)c1.Cc1cccc(C)c1.Cc1ccccc1C. The summed E-state index contributed by atoms with van der Waals surface area (Å²) >= 11 is 0. The first-order chi connectivity index (χ1) is 38.4. The smallest absolute Gasteiger partial charge is 0.0155 e. The van der Waals surface area contributed by atoms with E-state index in [0.717, 1.165) is 0 Å². The fourth-order valence-corrected chi connectivity index (χ4v) is 8.45. The lowest BCUT2D eigenvalue weighted by Gasteiger charge is -2.05. The molecule has 11 aromatic rings. The molecule has 0 nitrogen and oxygen atoms in total. The predicted molar refractivity (Wildman–Crippen MR) is 353 cm³/mol. The Balaban J connectivity index is 0.000000174. The fourth-order valence-electron chi connectivity index (χ4n) is 8.45. The molecule has 0 N–H and O–H groups in total. The summed E-state index contributed by atoms with van der Waals surface area (Å²) in [5.74, 6) is 0. The zero-order valence-electron chi connectivity index (χ0n) is 50.4. The summed E-state index contributed by atoms with van der Waals surface area (Å²) in [6, 6.07) is 94.1. The van der Waals surface area contributed by atoms with Gasteiger partial charge in [0.2, 0.25) is 0 Å². The van der Waals surface area contributed by atoms with Crippen molar-refractivity contribution in [1.29, 1.82) is 0 Å². The monoisotopic (exact) mass is 1050 g/mol. The molecule has 0 heteroatoms. The van der Waals surface area contributed by atoms with E-state index >= 15 is 0 Å². The Labute approximate surface area is 483 Å². The second-order valence-electron chi connectivity index (χ2n) is 21.3. The average molecular weight is 1050 g/mol. The lowest BCUT2D eigenvalue weighted by atomic mass is 10.00. The second-order valence-corrected chi connectivity index (χ2v) is 21.3. The van der Waals surface area contributed by atoms with Crippen LogP contribution in [0.15, 0.2) is 267 Å². The van der Waals surface area contributed by atoms with Gasteiger partial charge in [-0.2, -0.15) is 0 Å². The van der Waals surface area contributed by atoms with Gasteiger partial charge in [0.1, 0.15) is 0 Å². The van der Waals surface area contributed by atoms with Crippen molar-refractivity contribution in [3.8, 4) is 44.5 Å². The van der Waals surface area contributed by atoms with E-state index in [2.05, 4.69) is 364 Å². The molecular formula is C80H86. The standard InChI is InChI=1S/4C14H14.3C8H10/c1-11-3-7-13(8-4-11)14-9-5-12(2)6-10-14;1-11-5-3-7-13(9-11)14-8-4-6-12(2)10-14;1-11-6-8-13(9-7-11)14-5-3-4-12(2)10-14;1-11-7-9-13(10-8-11)14-6-4-3-5-12(14)2;1-7-3-5-8(2)6-4-7;1-7-4-3-5-8(2)6-7;1-7-5-3-4-6-8(7)2/h4*3-10H,1-2H3;3*3-6H,1-2H3. The third-order valence-electron chi connectivity index (χ3n) is 13.5. The number of hydrogen-bond donors (Lipinski definition) is 0. The molecule has 11 aromatic carbocycles. The molecule has 0 aliphatic rings. The maximum absolute atomic E-state index is 2.22. The minimum absolute atomic E-state index is 1.29. The first-order valence-electron chi connectivity index (χ1n) is 28.0. The Kier molecular flexibility index (Phi) is 25.7. The molecule has 80 heavy (non-hydrogen) atoms. The van der Waals surface area contributed by atoms with Crippen LogP contribution in [0.25, 0.3) is 44.5 Å². The highest BCUT2D eigenvalue weighted by atomic mass is 14.1. The number of hydrogen-bond acceptors (Lipinski definition) is 0. The van der Waals surface area contributed by atoms with Crippen molar-refractivity contribution < 1.29 is 0 Å².